The lowest BCUT2D eigenvalue weighted by molar-refractivity contribution is 0.414. The molecule has 0 saturated heterocycles. The molecule has 0 amide bonds. The number of nitrogens with zero attached hydrogens (tertiary/aromatic N) is 2. The highest BCUT2D eigenvalue weighted by Gasteiger charge is 2.05. The van der Waals surface area contributed by atoms with E-state index >= 15 is 0 Å². The van der Waals surface area contributed by atoms with Crippen LogP contribution in [0.15, 0.2) is 29.1 Å². The van der Waals surface area contributed by atoms with E-state index in [1.54, 1.807) is 11.8 Å². The van der Waals surface area contributed by atoms with Gasteiger partial charge in [0.2, 0.25) is 0 Å². The van der Waals surface area contributed by atoms with Crippen LogP contribution in [-0.2, 0) is 6.42 Å². The van der Waals surface area contributed by atoms with E-state index in [2.05, 4.69) is 10.1 Å². The fourth-order valence-corrected chi connectivity index (χ4v) is 1.53. The summed E-state index contributed by atoms with van der Waals surface area (Å²) in [6.07, 6.45) is 0.699. The molecule has 2 rings (SSSR count). The van der Waals surface area contributed by atoms with E-state index in [4.69, 9.17) is 4.74 Å². The SMILES string of the molecule is CCc1nc(=O)[nH]n1-c1ccc(OC)cc1. The van der Waals surface area contributed by atoms with Crippen LogP contribution in [-0.4, -0.2) is 21.9 Å². The van der Waals surface area contributed by atoms with Gasteiger partial charge in [-0.05, 0) is 24.3 Å². The molecule has 2 aromatic rings. The van der Waals surface area contributed by atoms with Crippen LogP contribution in [0.4, 0.5) is 0 Å². The van der Waals surface area contributed by atoms with Gasteiger partial charge in [0.1, 0.15) is 11.6 Å². The lowest BCUT2D eigenvalue weighted by Gasteiger charge is -2.06. The van der Waals surface area contributed by atoms with Crippen LogP contribution in [0.5, 0.6) is 5.75 Å². The van der Waals surface area contributed by atoms with Crippen molar-refractivity contribution in [3.63, 3.8) is 0 Å². The summed E-state index contributed by atoms with van der Waals surface area (Å²) < 4.78 is 6.75. The molecule has 0 fully saturated rings. The Morgan fingerprint density at radius 1 is 1.38 bits per heavy atom. The van der Waals surface area contributed by atoms with E-state index in [1.807, 2.05) is 31.2 Å². The number of ether oxygens (including phenoxy) is 1. The smallest absolute Gasteiger partial charge is 0.361 e. The molecule has 84 valence electrons. The van der Waals surface area contributed by atoms with Gasteiger partial charge in [0.25, 0.3) is 0 Å². The number of benzene rings is 1. The average molecular weight is 219 g/mol. The Bertz CT molecular complexity index is 525. The zero-order valence-electron chi connectivity index (χ0n) is 9.23. The molecular formula is C11H13N3O2. The summed E-state index contributed by atoms with van der Waals surface area (Å²) >= 11 is 0. The molecule has 1 aromatic heterocycles. The van der Waals surface area contributed by atoms with Gasteiger partial charge in [0.15, 0.2) is 0 Å². The highest BCUT2D eigenvalue weighted by molar-refractivity contribution is 5.37. The highest BCUT2D eigenvalue weighted by Crippen LogP contribution is 2.14. The summed E-state index contributed by atoms with van der Waals surface area (Å²) in [7, 11) is 1.62. The number of aromatic nitrogens is 3. The largest absolute Gasteiger partial charge is 0.497 e. The maximum atomic E-state index is 11.2. The van der Waals surface area contributed by atoms with Crippen LogP contribution in [0.3, 0.4) is 0 Å². The molecular weight excluding hydrogens is 206 g/mol. The Hall–Kier alpha value is -2.04. The lowest BCUT2D eigenvalue weighted by atomic mass is 10.3. The van der Waals surface area contributed by atoms with Crippen LogP contribution in [0.2, 0.25) is 0 Å². The minimum atomic E-state index is -0.326. The molecule has 1 N–H and O–H groups in total. The lowest BCUT2D eigenvalue weighted by Crippen LogP contribution is -2.05. The molecule has 0 saturated carbocycles. The van der Waals surface area contributed by atoms with E-state index < -0.39 is 0 Å². The van der Waals surface area contributed by atoms with Gasteiger partial charge in [-0.25, -0.2) is 14.6 Å². The molecule has 1 aromatic carbocycles. The minimum Gasteiger partial charge on any atom is -0.497 e. The molecule has 0 atom stereocenters. The highest BCUT2D eigenvalue weighted by atomic mass is 16.5. The quantitative estimate of drug-likeness (QED) is 0.841. The van der Waals surface area contributed by atoms with Crippen molar-refractivity contribution in [2.24, 2.45) is 0 Å². The van der Waals surface area contributed by atoms with Crippen molar-refractivity contribution >= 4 is 0 Å². The molecule has 1 heterocycles. The van der Waals surface area contributed by atoms with Gasteiger partial charge >= 0.3 is 5.69 Å². The Morgan fingerprint density at radius 3 is 2.62 bits per heavy atom. The number of aryl methyl sites for hydroxylation is 1. The third kappa shape index (κ3) is 1.84. The fourth-order valence-electron chi connectivity index (χ4n) is 1.53. The summed E-state index contributed by atoms with van der Waals surface area (Å²) in [5.41, 5.74) is 0.542. The zero-order chi connectivity index (χ0) is 11.5. The average Bonchev–Trinajstić information content (AvgIpc) is 2.70. The van der Waals surface area contributed by atoms with E-state index in [9.17, 15) is 4.79 Å². The second-order valence-corrected chi connectivity index (χ2v) is 3.33. The first-order chi connectivity index (χ1) is 7.74. The van der Waals surface area contributed by atoms with Crippen molar-refractivity contribution in [3.05, 3.63) is 40.6 Å². The molecule has 0 bridgehead atoms. The Morgan fingerprint density at radius 2 is 2.06 bits per heavy atom. The predicted octanol–water partition coefficient (Wildman–Crippen LogP) is 1.13. The van der Waals surface area contributed by atoms with E-state index in [1.165, 1.54) is 0 Å². The first-order valence-corrected chi connectivity index (χ1v) is 5.07. The van der Waals surface area contributed by atoms with Crippen LogP contribution in [0.25, 0.3) is 5.69 Å². The topological polar surface area (TPSA) is 59.9 Å². The first kappa shape index (κ1) is 10.5. The molecule has 0 aliphatic carbocycles. The van der Waals surface area contributed by atoms with E-state index in [0.717, 1.165) is 17.3 Å². The molecule has 16 heavy (non-hydrogen) atoms. The van der Waals surface area contributed by atoms with Crippen LogP contribution in [0.1, 0.15) is 12.7 Å². The molecule has 0 aliphatic rings. The normalized spacial score (nSPS) is 10.4. The van der Waals surface area contributed by atoms with Crippen molar-refractivity contribution in [1.29, 1.82) is 0 Å². The molecule has 0 unspecified atom stereocenters. The maximum Gasteiger partial charge on any atom is 0.361 e. The summed E-state index contributed by atoms with van der Waals surface area (Å²) in [6.45, 7) is 1.95. The first-order valence-electron chi connectivity index (χ1n) is 5.07. The molecule has 5 heteroatoms. The third-order valence-corrected chi connectivity index (χ3v) is 2.34. The fraction of sp³-hybridized carbons (Fsp3) is 0.273. The van der Waals surface area contributed by atoms with Gasteiger partial charge in [-0.15, -0.1) is 0 Å². The maximum absolute atomic E-state index is 11.2. The van der Waals surface area contributed by atoms with Gasteiger partial charge in [-0.3, -0.25) is 0 Å². The number of hydrogen-bond donors (Lipinski definition) is 1. The molecule has 0 radical (unpaired) electrons. The van der Waals surface area contributed by atoms with Crippen molar-refractivity contribution < 1.29 is 4.74 Å². The van der Waals surface area contributed by atoms with E-state index in [0.29, 0.717) is 6.42 Å². The van der Waals surface area contributed by atoms with Crippen molar-refractivity contribution in [2.45, 2.75) is 13.3 Å². The summed E-state index contributed by atoms with van der Waals surface area (Å²) in [5.74, 6) is 1.50. The van der Waals surface area contributed by atoms with Crippen molar-refractivity contribution in [1.82, 2.24) is 14.8 Å². The number of methoxy groups -OCH3 is 1. The molecule has 0 spiro atoms. The van der Waals surface area contributed by atoms with Gasteiger partial charge < -0.3 is 4.74 Å². The number of hydrogen-bond acceptors (Lipinski definition) is 3. The van der Waals surface area contributed by atoms with E-state index in [-0.39, 0.29) is 5.69 Å². The van der Waals surface area contributed by atoms with Gasteiger partial charge in [-0.2, -0.15) is 4.98 Å². The number of aromatic amines is 1. The summed E-state index contributed by atoms with van der Waals surface area (Å²) in [5, 5.41) is 2.66. The predicted molar refractivity (Wildman–Crippen MR) is 60.1 cm³/mol. The van der Waals surface area contributed by atoms with Gasteiger partial charge in [0.05, 0.1) is 12.8 Å². The number of rotatable bonds is 3. The zero-order valence-corrected chi connectivity index (χ0v) is 9.23. The van der Waals surface area contributed by atoms with Crippen LogP contribution in [0, 0.1) is 0 Å². The minimum absolute atomic E-state index is 0.326. The van der Waals surface area contributed by atoms with Gasteiger partial charge in [-0.1, -0.05) is 6.92 Å². The van der Waals surface area contributed by atoms with Gasteiger partial charge in [0, 0.05) is 6.42 Å². The molecule has 0 aliphatic heterocycles. The second-order valence-electron chi connectivity index (χ2n) is 3.33. The Balaban J connectivity index is 2.45. The summed E-state index contributed by atoms with van der Waals surface area (Å²) in [4.78, 5) is 15.0. The van der Waals surface area contributed by atoms with Crippen molar-refractivity contribution in [2.75, 3.05) is 7.11 Å². The number of H-pyrrole nitrogens is 1. The van der Waals surface area contributed by atoms with Crippen molar-refractivity contribution in [3.8, 4) is 11.4 Å². The third-order valence-electron chi connectivity index (χ3n) is 2.34. The monoisotopic (exact) mass is 219 g/mol. The van der Waals surface area contributed by atoms with Crippen LogP contribution < -0.4 is 10.4 Å². The standard InChI is InChI=1S/C11H13N3O2/c1-3-10-12-11(15)13-14(10)8-4-6-9(16-2)7-5-8/h4-7H,3H2,1-2H3,(H,13,15). The Kier molecular flexibility index (Phi) is 2.76. The summed E-state index contributed by atoms with van der Waals surface area (Å²) in [6, 6.07) is 7.42. The Labute approximate surface area is 92.7 Å². The molecule has 5 nitrogen and oxygen atoms in total. The number of nitrogens with one attached hydrogen (secondary N) is 1. The van der Waals surface area contributed by atoms with Crippen LogP contribution >= 0.6 is 0 Å². The second kappa shape index (κ2) is 4.22.